The highest BCUT2D eigenvalue weighted by molar-refractivity contribution is 7.80. The Balaban J connectivity index is 1.62. The molecule has 1 aliphatic heterocycles. The van der Waals surface area contributed by atoms with Gasteiger partial charge in [0.2, 0.25) is 5.91 Å². The number of nitrogens with one attached hydrogen (secondary N) is 2. The number of thiocarbonyl (C=S) groups is 1. The zero-order valence-electron chi connectivity index (χ0n) is 16.1. The quantitative estimate of drug-likeness (QED) is 0.546. The lowest BCUT2D eigenvalue weighted by molar-refractivity contribution is -0.131. The molecule has 2 aliphatic rings. The normalized spacial score (nSPS) is 27.7. The van der Waals surface area contributed by atoms with Crippen molar-refractivity contribution in [2.75, 3.05) is 4.90 Å². The molecule has 5 atom stereocenters. The first-order chi connectivity index (χ1) is 14.5. The molecular weight excluding hydrogens is 400 g/mol. The Hall–Kier alpha value is -2.99. The third-order valence-corrected chi connectivity index (χ3v) is 6.06. The predicted molar refractivity (Wildman–Crippen MR) is 115 cm³/mol. The average Bonchev–Trinajstić information content (AvgIpc) is 3.12. The van der Waals surface area contributed by atoms with E-state index in [1.165, 1.54) is 0 Å². The molecule has 1 aliphatic carbocycles. The molecule has 2 aromatic carbocycles. The van der Waals surface area contributed by atoms with E-state index in [0.29, 0.717) is 22.9 Å². The Morgan fingerprint density at radius 3 is 2.73 bits per heavy atom. The van der Waals surface area contributed by atoms with Crippen LogP contribution in [0.1, 0.15) is 17.5 Å². The summed E-state index contributed by atoms with van der Waals surface area (Å²) in [7, 11) is 0. The highest BCUT2D eigenvalue weighted by atomic mass is 32.1. The second-order valence-electron chi connectivity index (χ2n) is 7.60. The third kappa shape index (κ3) is 3.75. The van der Waals surface area contributed by atoms with E-state index < -0.39 is 30.2 Å². The number of hydrogen-bond donors (Lipinski definition) is 4. The number of hydrogen-bond acceptors (Lipinski definition) is 5. The second kappa shape index (κ2) is 8.40. The van der Waals surface area contributed by atoms with Gasteiger partial charge in [-0.25, -0.2) is 0 Å². The molecule has 7 nitrogen and oxygen atoms in total. The van der Waals surface area contributed by atoms with Crippen LogP contribution < -0.4 is 15.5 Å². The number of aliphatic hydroxyl groups excluding tert-OH is 2. The van der Waals surface area contributed by atoms with E-state index in [1.54, 1.807) is 23.1 Å². The molecule has 1 saturated carbocycles. The fourth-order valence-corrected chi connectivity index (χ4v) is 4.65. The fourth-order valence-electron chi connectivity index (χ4n) is 4.28. The molecule has 5 unspecified atom stereocenters. The zero-order chi connectivity index (χ0) is 21.3. The van der Waals surface area contributed by atoms with Crippen LogP contribution >= 0.6 is 12.2 Å². The molecule has 4 rings (SSSR count). The first-order valence-electron chi connectivity index (χ1n) is 9.77. The molecule has 1 heterocycles. The Bertz CT molecular complexity index is 993. The van der Waals surface area contributed by atoms with Crippen LogP contribution in [0.5, 0.6) is 0 Å². The lowest BCUT2D eigenvalue weighted by Crippen LogP contribution is -2.60. The summed E-state index contributed by atoms with van der Waals surface area (Å²) >= 11 is 5.50. The Kier molecular flexibility index (Phi) is 5.68. The molecule has 1 amide bonds. The Morgan fingerprint density at radius 2 is 2.00 bits per heavy atom. The van der Waals surface area contributed by atoms with Gasteiger partial charge >= 0.3 is 0 Å². The van der Waals surface area contributed by atoms with Crippen molar-refractivity contribution in [3.8, 4) is 6.07 Å². The van der Waals surface area contributed by atoms with E-state index in [0.717, 1.165) is 5.56 Å². The van der Waals surface area contributed by atoms with Crippen molar-refractivity contribution in [3.63, 3.8) is 0 Å². The maximum absolute atomic E-state index is 13.1. The van der Waals surface area contributed by atoms with Crippen molar-refractivity contribution in [3.05, 3.63) is 65.7 Å². The van der Waals surface area contributed by atoms with Crippen molar-refractivity contribution in [1.29, 1.82) is 5.26 Å². The third-order valence-electron chi connectivity index (χ3n) is 5.74. The van der Waals surface area contributed by atoms with Crippen LogP contribution in [-0.2, 0) is 11.3 Å². The van der Waals surface area contributed by atoms with Gasteiger partial charge in [0.25, 0.3) is 0 Å². The van der Waals surface area contributed by atoms with Gasteiger partial charge in [-0.3, -0.25) is 4.79 Å². The molecule has 0 aromatic heterocycles. The lowest BCUT2D eigenvalue weighted by Gasteiger charge is -2.41. The van der Waals surface area contributed by atoms with Gasteiger partial charge in [0, 0.05) is 12.2 Å². The standard InChI is InChI=1S/C22H22N4O3S/c23-11-14-7-4-8-15(9-14)26-19-16(10-17(27)20(28)18(19)25-22(26)30)21(29)24-12-13-5-2-1-3-6-13/h1-9,16-20,27-28H,10,12H2,(H,24,29)(H,25,30). The summed E-state index contributed by atoms with van der Waals surface area (Å²) in [6, 6.07) is 17.6. The van der Waals surface area contributed by atoms with Crippen LogP contribution in [0.4, 0.5) is 5.69 Å². The maximum atomic E-state index is 13.1. The van der Waals surface area contributed by atoms with Gasteiger partial charge in [0.05, 0.1) is 35.7 Å². The molecule has 2 aromatic rings. The van der Waals surface area contributed by atoms with Crippen LogP contribution in [0.3, 0.4) is 0 Å². The molecule has 0 radical (unpaired) electrons. The summed E-state index contributed by atoms with van der Waals surface area (Å²) < 4.78 is 0. The summed E-state index contributed by atoms with van der Waals surface area (Å²) in [5.74, 6) is -0.816. The average molecular weight is 423 g/mol. The van der Waals surface area contributed by atoms with E-state index in [2.05, 4.69) is 16.7 Å². The fraction of sp³-hybridized carbons (Fsp3) is 0.318. The minimum Gasteiger partial charge on any atom is -0.390 e. The van der Waals surface area contributed by atoms with E-state index in [-0.39, 0.29) is 12.3 Å². The number of carbonyl (C=O) groups is 1. The molecular formula is C22H22N4O3S. The van der Waals surface area contributed by atoms with Gasteiger partial charge in [-0.1, -0.05) is 36.4 Å². The summed E-state index contributed by atoms with van der Waals surface area (Å²) in [4.78, 5) is 14.9. The SMILES string of the molecule is N#Cc1cccc(N2C(=S)NC3C(O)C(O)CC(C(=O)NCc4ccccc4)C32)c1. The van der Waals surface area contributed by atoms with E-state index in [1.807, 2.05) is 36.4 Å². The number of benzene rings is 2. The number of nitriles is 1. The van der Waals surface area contributed by atoms with Crippen molar-refractivity contribution >= 4 is 28.9 Å². The molecule has 8 heteroatoms. The number of aliphatic hydroxyl groups is 2. The van der Waals surface area contributed by atoms with Crippen LogP contribution in [-0.4, -0.2) is 45.5 Å². The summed E-state index contributed by atoms with van der Waals surface area (Å²) in [6.45, 7) is 0.369. The van der Waals surface area contributed by atoms with Crippen LogP contribution in [0.15, 0.2) is 54.6 Å². The number of carbonyl (C=O) groups excluding carboxylic acids is 1. The number of rotatable bonds is 4. The topological polar surface area (TPSA) is 109 Å². The van der Waals surface area contributed by atoms with Crippen LogP contribution in [0.25, 0.3) is 0 Å². The number of anilines is 1. The maximum Gasteiger partial charge on any atom is 0.225 e. The molecule has 0 spiro atoms. The predicted octanol–water partition coefficient (Wildman–Crippen LogP) is 1.05. The lowest BCUT2D eigenvalue weighted by atomic mass is 9.77. The molecule has 30 heavy (non-hydrogen) atoms. The first-order valence-corrected chi connectivity index (χ1v) is 10.2. The minimum atomic E-state index is -1.06. The van der Waals surface area contributed by atoms with Gasteiger partial charge in [-0.2, -0.15) is 5.26 Å². The highest BCUT2D eigenvalue weighted by Gasteiger charge is 2.53. The van der Waals surface area contributed by atoms with Crippen molar-refractivity contribution in [1.82, 2.24) is 10.6 Å². The van der Waals surface area contributed by atoms with Gasteiger partial charge in [-0.15, -0.1) is 0 Å². The number of nitrogens with zero attached hydrogens (tertiary/aromatic N) is 2. The first kappa shape index (κ1) is 20.3. The molecule has 2 fully saturated rings. The zero-order valence-corrected chi connectivity index (χ0v) is 16.9. The van der Waals surface area contributed by atoms with E-state index in [4.69, 9.17) is 12.2 Å². The van der Waals surface area contributed by atoms with Gasteiger partial charge < -0.3 is 25.7 Å². The number of fused-ring (bicyclic) bond motifs is 1. The molecule has 154 valence electrons. The highest BCUT2D eigenvalue weighted by Crippen LogP contribution is 2.37. The largest absolute Gasteiger partial charge is 0.390 e. The molecule has 1 saturated heterocycles. The van der Waals surface area contributed by atoms with Gasteiger partial charge in [0.1, 0.15) is 6.10 Å². The molecule has 0 bridgehead atoms. The van der Waals surface area contributed by atoms with E-state index >= 15 is 0 Å². The summed E-state index contributed by atoms with van der Waals surface area (Å²) in [5.41, 5.74) is 2.11. The smallest absolute Gasteiger partial charge is 0.225 e. The van der Waals surface area contributed by atoms with E-state index in [9.17, 15) is 20.3 Å². The minimum absolute atomic E-state index is 0.113. The van der Waals surface area contributed by atoms with Crippen molar-refractivity contribution in [2.24, 2.45) is 5.92 Å². The van der Waals surface area contributed by atoms with Crippen LogP contribution in [0, 0.1) is 17.2 Å². The van der Waals surface area contributed by atoms with Gasteiger partial charge in [-0.05, 0) is 42.4 Å². The molecule has 4 N–H and O–H groups in total. The Labute approximate surface area is 179 Å². The van der Waals surface area contributed by atoms with Gasteiger partial charge in [0.15, 0.2) is 5.11 Å². The Morgan fingerprint density at radius 1 is 1.23 bits per heavy atom. The summed E-state index contributed by atoms with van der Waals surface area (Å²) in [5, 5.41) is 36.5. The second-order valence-corrected chi connectivity index (χ2v) is 7.99. The summed E-state index contributed by atoms with van der Waals surface area (Å²) in [6.07, 6.45) is -1.99. The number of amides is 1. The van der Waals surface area contributed by atoms with Crippen molar-refractivity contribution < 1.29 is 15.0 Å². The monoisotopic (exact) mass is 422 g/mol. The van der Waals surface area contributed by atoms with Crippen LogP contribution in [0.2, 0.25) is 0 Å². The van der Waals surface area contributed by atoms with Crippen molar-refractivity contribution in [2.45, 2.75) is 37.3 Å².